The van der Waals surface area contributed by atoms with Gasteiger partial charge in [0.15, 0.2) is 6.29 Å². The van der Waals surface area contributed by atoms with Gasteiger partial charge in [-0.05, 0) is 91.4 Å². The first-order valence-corrected chi connectivity index (χ1v) is 13.2. The maximum atomic E-state index is 13.0. The molecule has 40 heavy (non-hydrogen) atoms. The number of rotatable bonds is 9. The summed E-state index contributed by atoms with van der Waals surface area (Å²) < 4.78 is 132. The van der Waals surface area contributed by atoms with Gasteiger partial charge in [-0.1, -0.05) is 13.0 Å². The van der Waals surface area contributed by atoms with Crippen molar-refractivity contribution >= 4 is 6.29 Å². The summed E-state index contributed by atoms with van der Waals surface area (Å²) in [5.41, 5.74) is -4.08. The molecule has 5 atom stereocenters. The van der Waals surface area contributed by atoms with Crippen LogP contribution in [0.3, 0.4) is 0 Å². The van der Waals surface area contributed by atoms with Crippen LogP contribution < -0.4 is 4.74 Å². The maximum Gasteiger partial charge on any atom is 0.435 e. The summed E-state index contributed by atoms with van der Waals surface area (Å²) in [7, 11) is 0. The van der Waals surface area contributed by atoms with E-state index in [0.29, 0.717) is 36.2 Å². The van der Waals surface area contributed by atoms with E-state index in [1.165, 1.54) is 11.1 Å². The van der Waals surface area contributed by atoms with Gasteiger partial charge in [0.05, 0.1) is 12.7 Å². The normalized spacial score (nSPS) is 28.9. The van der Waals surface area contributed by atoms with E-state index in [-0.39, 0.29) is 24.7 Å². The number of aldehydes is 1. The fraction of sp³-hybridized carbons (Fsp3) is 0.741. The van der Waals surface area contributed by atoms with Gasteiger partial charge in [0.1, 0.15) is 12.4 Å². The van der Waals surface area contributed by atoms with Crippen LogP contribution >= 0.6 is 0 Å². The topological polar surface area (TPSA) is 44.8 Å². The highest BCUT2D eigenvalue weighted by molar-refractivity contribution is 5.51. The Kier molecular flexibility index (Phi) is 8.50. The molecule has 1 aromatic carbocycles. The van der Waals surface area contributed by atoms with E-state index in [0.717, 1.165) is 32.1 Å². The third kappa shape index (κ3) is 5.32. The van der Waals surface area contributed by atoms with E-state index in [1.54, 1.807) is 0 Å². The molecule has 0 aromatic heterocycles. The molecule has 4 nitrogen and oxygen atoms in total. The van der Waals surface area contributed by atoms with Gasteiger partial charge in [0.25, 0.3) is 0 Å². The molecule has 3 aliphatic rings. The Labute approximate surface area is 225 Å². The molecule has 0 amide bonds. The van der Waals surface area contributed by atoms with E-state index in [9.17, 15) is 44.3 Å². The summed E-state index contributed by atoms with van der Waals surface area (Å²) in [6.45, 7) is 0.311. The van der Waals surface area contributed by atoms with Crippen LogP contribution in [-0.4, -0.2) is 56.3 Å². The zero-order valence-electron chi connectivity index (χ0n) is 21.7. The lowest BCUT2D eigenvalue weighted by molar-refractivity contribution is -0.457. The lowest BCUT2D eigenvalue weighted by atomic mass is 9.55. The highest BCUT2D eigenvalue weighted by atomic mass is 19.4. The Morgan fingerprint density at radius 2 is 1.60 bits per heavy atom. The molecule has 13 heteroatoms. The molecule has 0 radical (unpaired) electrons. The Morgan fingerprint density at radius 1 is 0.925 bits per heavy atom. The van der Waals surface area contributed by atoms with E-state index in [2.05, 4.69) is 11.7 Å². The minimum atomic E-state index is -6.74. The monoisotopic (exact) mass is 590 g/mol. The lowest BCUT2D eigenvalue weighted by Crippen LogP contribution is -2.67. The van der Waals surface area contributed by atoms with Crippen molar-refractivity contribution in [2.24, 2.45) is 17.3 Å². The summed E-state index contributed by atoms with van der Waals surface area (Å²) in [6.07, 6.45) is -15.5. The van der Waals surface area contributed by atoms with Gasteiger partial charge in [-0.3, -0.25) is 4.79 Å². The molecule has 1 aromatic rings. The molecule has 0 N–H and O–H groups in total. The summed E-state index contributed by atoms with van der Waals surface area (Å²) in [4.78, 5) is 10.6. The van der Waals surface area contributed by atoms with Crippen molar-refractivity contribution in [3.05, 3.63) is 29.3 Å². The van der Waals surface area contributed by atoms with Gasteiger partial charge in [-0.2, -0.15) is 39.5 Å². The molecule has 3 aliphatic carbocycles. The number of carbonyl (C=O) groups is 1. The van der Waals surface area contributed by atoms with Gasteiger partial charge < -0.3 is 14.2 Å². The van der Waals surface area contributed by atoms with Crippen LogP contribution in [0.4, 0.5) is 39.5 Å². The Morgan fingerprint density at radius 3 is 2.23 bits per heavy atom. The van der Waals surface area contributed by atoms with Gasteiger partial charge in [-0.25, -0.2) is 0 Å². The van der Waals surface area contributed by atoms with Crippen molar-refractivity contribution in [1.82, 2.24) is 0 Å². The van der Waals surface area contributed by atoms with Crippen molar-refractivity contribution in [3.63, 3.8) is 0 Å². The largest absolute Gasteiger partial charge is 0.486 e. The number of hydrogen-bond acceptors (Lipinski definition) is 4. The third-order valence-electron chi connectivity index (χ3n) is 9.05. The molecular weight excluding hydrogens is 559 g/mol. The second-order valence-electron chi connectivity index (χ2n) is 11.1. The van der Waals surface area contributed by atoms with Gasteiger partial charge >= 0.3 is 24.1 Å². The van der Waals surface area contributed by atoms with Crippen LogP contribution in [-0.2, 0) is 20.7 Å². The Hall–Kier alpha value is -2.02. The average molecular weight is 591 g/mol. The summed E-state index contributed by atoms with van der Waals surface area (Å²) in [5, 5.41) is 0. The zero-order chi connectivity index (χ0) is 29.6. The maximum absolute atomic E-state index is 13.0. The second-order valence-corrected chi connectivity index (χ2v) is 11.1. The molecule has 226 valence electrons. The van der Waals surface area contributed by atoms with Crippen molar-refractivity contribution in [1.29, 1.82) is 0 Å². The Bertz CT molecular complexity index is 1020. The number of hydrogen-bond donors (Lipinski definition) is 0. The van der Waals surface area contributed by atoms with Crippen LogP contribution in [0.25, 0.3) is 0 Å². The fourth-order valence-corrected chi connectivity index (χ4v) is 7.24. The van der Waals surface area contributed by atoms with E-state index in [4.69, 9.17) is 9.47 Å². The number of alkyl halides is 9. The summed E-state index contributed by atoms with van der Waals surface area (Å²) >= 11 is 0. The predicted molar refractivity (Wildman–Crippen MR) is 124 cm³/mol. The molecule has 2 fully saturated rings. The van der Waals surface area contributed by atoms with Crippen LogP contribution in [0.2, 0.25) is 0 Å². The fourth-order valence-electron chi connectivity index (χ4n) is 7.24. The van der Waals surface area contributed by atoms with Crippen molar-refractivity contribution < 1.29 is 58.5 Å². The van der Waals surface area contributed by atoms with E-state index < -0.39 is 37.2 Å². The van der Waals surface area contributed by atoms with Crippen LogP contribution in [0, 0.1) is 17.3 Å². The molecule has 2 saturated carbocycles. The highest BCUT2D eigenvalue weighted by Gasteiger charge is 2.85. The average Bonchev–Trinajstić information content (AvgIpc) is 3.18. The van der Waals surface area contributed by atoms with Crippen LogP contribution in [0.15, 0.2) is 18.2 Å². The summed E-state index contributed by atoms with van der Waals surface area (Å²) in [6, 6.07) is 5.86. The lowest BCUT2D eigenvalue weighted by Gasteiger charge is -2.50. The smallest absolute Gasteiger partial charge is 0.435 e. The number of benzene rings is 1. The number of fused-ring (bicyclic) bond motifs is 5. The summed E-state index contributed by atoms with van der Waals surface area (Å²) in [5.74, 6) is 1.63. The first kappa shape index (κ1) is 30.9. The standard InChI is InChI=1S/C27H31F9O4/c1-23-10-9-19-18-6-4-17(38-14-11-37)15-16(18)3-5-20(19)21(23)7-8-22(23)39-12-2-13-40-24(25(28,29)30,26(31,32)33)27(34,35)36/h4,6,11,15,19-22H,2-3,5,7-10,12-14H2,1H3/t19-,20?,21+,22+,23+/m1/s1. The van der Waals surface area contributed by atoms with Crippen molar-refractivity contribution in [2.45, 2.75) is 88.0 Å². The highest BCUT2D eigenvalue weighted by Crippen LogP contribution is 2.62. The number of ether oxygens (including phenoxy) is 3. The Balaban J connectivity index is 1.36. The van der Waals surface area contributed by atoms with E-state index in [1.807, 2.05) is 18.2 Å². The van der Waals surface area contributed by atoms with Gasteiger partial charge in [-0.15, -0.1) is 0 Å². The number of aryl methyl sites for hydroxylation is 1. The number of halogens is 9. The SMILES string of the molecule is C[C@]12CC[C@@H]3c4ccc(OCC=O)cc4CCC3[C@@H]1CC[C@@H]2OCCCOC(C(F)(F)F)(C(F)(F)F)C(F)(F)F. The molecule has 0 aliphatic heterocycles. The molecule has 0 spiro atoms. The molecular formula is C27H31F9O4. The van der Waals surface area contributed by atoms with Crippen LogP contribution in [0.1, 0.15) is 62.5 Å². The minimum Gasteiger partial charge on any atom is -0.486 e. The predicted octanol–water partition coefficient (Wildman–Crippen LogP) is 7.34. The van der Waals surface area contributed by atoms with Crippen molar-refractivity contribution in [3.8, 4) is 5.75 Å². The zero-order valence-corrected chi connectivity index (χ0v) is 21.7. The van der Waals surface area contributed by atoms with Gasteiger partial charge in [0.2, 0.25) is 0 Å². The molecule has 4 rings (SSSR count). The van der Waals surface area contributed by atoms with Crippen molar-refractivity contribution in [2.75, 3.05) is 19.8 Å². The molecule has 0 heterocycles. The van der Waals surface area contributed by atoms with Gasteiger partial charge in [0, 0.05) is 6.61 Å². The minimum absolute atomic E-state index is 0.0212. The van der Waals surface area contributed by atoms with Crippen LogP contribution in [0.5, 0.6) is 5.75 Å². The first-order valence-electron chi connectivity index (χ1n) is 13.2. The first-order chi connectivity index (χ1) is 18.6. The molecule has 1 unspecified atom stereocenters. The second kappa shape index (κ2) is 11.0. The van der Waals surface area contributed by atoms with E-state index >= 15 is 0 Å². The third-order valence-corrected chi connectivity index (χ3v) is 9.05. The quantitative estimate of drug-likeness (QED) is 0.172. The molecule has 0 bridgehead atoms. The number of carbonyl (C=O) groups excluding carboxylic acids is 1. The molecule has 0 saturated heterocycles.